The fourth-order valence-electron chi connectivity index (χ4n) is 2.71. The summed E-state index contributed by atoms with van der Waals surface area (Å²) < 4.78 is 11.3. The predicted octanol–water partition coefficient (Wildman–Crippen LogP) is 0.795. The van der Waals surface area contributed by atoms with E-state index in [1.807, 2.05) is 19.1 Å². The zero-order valence-corrected chi connectivity index (χ0v) is 14.7. The van der Waals surface area contributed by atoms with Crippen molar-refractivity contribution in [2.24, 2.45) is 0 Å². The molecular formula is C16H17N7O4. The number of nitrogen functional groups attached to an aromatic ring is 1. The summed E-state index contributed by atoms with van der Waals surface area (Å²) in [6.07, 6.45) is 0.295. The fourth-order valence-corrected chi connectivity index (χ4v) is 2.71. The van der Waals surface area contributed by atoms with Gasteiger partial charge < -0.3 is 25.2 Å². The van der Waals surface area contributed by atoms with Gasteiger partial charge in [0.25, 0.3) is 6.01 Å². The third-order valence-electron chi connectivity index (χ3n) is 4.23. The molecule has 3 N–H and O–H groups in total. The van der Waals surface area contributed by atoms with Gasteiger partial charge in [0.2, 0.25) is 12.2 Å². The van der Waals surface area contributed by atoms with Crippen molar-refractivity contribution in [2.45, 2.75) is 19.7 Å². The SMILES string of the molecule is Cc1ccc(Cn2c(O)nc3c(N)nc(N(C)C4COC(=O)O4)nc32)cn1. The van der Waals surface area contributed by atoms with E-state index < -0.39 is 12.4 Å². The van der Waals surface area contributed by atoms with Crippen molar-refractivity contribution < 1.29 is 19.4 Å². The topological polar surface area (TPSA) is 142 Å². The second-order valence-electron chi connectivity index (χ2n) is 6.13. The first-order valence-electron chi connectivity index (χ1n) is 8.13. The van der Waals surface area contributed by atoms with Gasteiger partial charge in [-0.2, -0.15) is 15.0 Å². The molecule has 1 atom stereocenters. The number of likely N-dealkylation sites (N-methyl/N-ethyl adjacent to an activating group) is 1. The number of hydrogen-bond donors (Lipinski definition) is 2. The smallest absolute Gasteiger partial charge is 0.480 e. The number of nitrogens with zero attached hydrogens (tertiary/aromatic N) is 6. The molecule has 0 bridgehead atoms. The van der Waals surface area contributed by atoms with Crippen LogP contribution in [0.1, 0.15) is 11.3 Å². The molecule has 0 spiro atoms. The van der Waals surface area contributed by atoms with Gasteiger partial charge in [-0.3, -0.25) is 9.55 Å². The second kappa shape index (κ2) is 6.27. The van der Waals surface area contributed by atoms with E-state index in [4.69, 9.17) is 15.2 Å². The maximum Gasteiger partial charge on any atom is 0.510 e. The lowest BCUT2D eigenvalue weighted by atomic mass is 10.2. The summed E-state index contributed by atoms with van der Waals surface area (Å²) in [5, 5.41) is 10.3. The third kappa shape index (κ3) is 3.03. The number of aryl methyl sites for hydroxylation is 1. The number of nitrogens with two attached hydrogens (primary N) is 1. The van der Waals surface area contributed by atoms with Crippen molar-refractivity contribution in [3.05, 3.63) is 29.6 Å². The number of carbonyl (C=O) groups excluding carboxylic acids is 1. The van der Waals surface area contributed by atoms with Crippen LogP contribution in [-0.2, 0) is 16.0 Å². The van der Waals surface area contributed by atoms with Crippen LogP contribution in [0.25, 0.3) is 11.2 Å². The molecule has 3 aromatic rings. The Labute approximate surface area is 153 Å². The predicted molar refractivity (Wildman–Crippen MR) is 94.1 cm³/mol. The van der Waals surface area contributed by atoms with Gasteiger partial charge in [-0.15, -0.1) is 0 Å². The van der Waals surface area contributed by atoms with E-state index in [2.05, 4.69) is 19.9 Å². The molecule has 11 nitrogen and oxygen atoms in total. The molecule has 0 amide bonds. The standard InChI is InChI=1S/C16H17N7O4/c1-8-3-4-9(5-18-8)6-23-13-11(19-15(23)24)12(17)20-14(21-13)22(2)10-7-26-16(25)27-10/h3-5,10H,6-7H2,1-2H3,(H,19,24)(H2,17,20,21). The van der Waals surface area contributed by atoms with Gasteiger partial charge in [-0.05, 0) is 18.6 Å². The van der Waals surface area contributed by atoms with Crippen molar-refractivity contribution in [3.63, 3.8) is 0 Å². The molecule has 0 aliphatic carbocycles. The van der Waals surface area contributed by atoms with Gasteiger partial charge in [0.1, 0.15) is 0 Å². The highest BCUT2D eigenvalue weighted by Gasteiger charge is 2.31. The van der Waals surface area contributed by atoms with Crippen molar-refractivity contribution >= 4 is 29.1 Å². The van der Waals surface area contributed by atoms with Gasteiger partial charge in [0, 0.05) is 18.9 Å². The van der Waals surface area contributed by atoms with Gasteiger partial charge in [0.05, 0.1) is 6.54 Å². The zero-order chi connectivity index (χ0) is 19.1. The van der Waals surface area contributed by atoms with E-state index in [0.717, 1.165) is 11.3 Å². The molecule has 1 saturated heterocycles. The lowest BCUT2D eigenvalue weighted by Crippen LogP contribution is -2.35. The van der Waals surface area contributed by atoms with E-state index in [0.29, 0.717) is 12.2 Å². The minimum Gasteiger partial charge on any atom is -0.480 e. The number of hydrogen-bond acceptors (Lipinski definition) is 10. The number of anilines is 2. The van der Waals surface area contributed by atoms with E-state index in [1.165, 1.54) is 9.47 Å². The third-order valence-corrected chi connectivity index (χ3v) is 4.23. The number of aromatic nitrogens is 5. The van der Waals surface area contributed by atoms with E-state index >= 15 is 0 Å². The van der Waals surface area contributed by atoms with Gasteiger partial charge in [-0.25, -0.2) is 4.79 Å². The van der Waals surface area contributed by atoms with Gasteiger partial charge in [-0.1, -0.05) is 6.07 Å². The molecule has 11 heteroatoms. The van der Waals surface area contributed by atoms with Crippen LogP contribution in [0.4, 0.5) is 16.6 Å². The van der Waals surface area contributed by atoms with Crippen molar-refractivity contribution in [3.8, 4) is 6.01 Å². The number of carbonyl (C=O) groups is 1. The molecule has 0 radical (unpaired) electrons. The molecule has 1 fully saturated rings. The molecule has 4 heterocycles. The van der Waals surface area contributed by atoms with E-state index in [9.17, 15) is 9.90 Å². The van der Waals surface area contributed by atoms with Crippen LogP contribution in [0, 0.1) is 6.92 Å². The first kappa shape index (κ1) is 16.8. The molecule has 140 valence electrons. The number of ether oxygens (including phenoxy) is 2. The molecule has 4 rings (SSSR count). The zero-order valence-electron chi connectivity index (χ0n) is 14.7. The van der Waals surface area contributed by atoms with Crippen LogP contribution in [0.3, 0.4) is 0 Å². The van der Waals surface area contributed by atoms with Crippen molar-refractivity contribution in [1.82, 2.24) is 24.5 Å². The molecule has 3 aromatic heterocycles. The number of pyridine rings is 1. The van der Waals surface area contributed by atoms with Crippen LogP contribution in [0.15, 0.2) is 18.3 Å². The molecule has 0 saturated carbocycles. The Hall–Kier alpha value is -3.63. The highest BCUT2D eigenvalue weighted by atomic mass is 16.8. The summed E-state index contributed by atoms with van der Waals surface area (Å²) >= 11 is 0. The molecule has 1 unspecified atom stereocenters. The molecule has 1 aliphatic heterocycles. The monoisotopic (exact) mass is 371 g/mol. The van der Waals surface area contributed by atoms with Gasteiger partial charge >= 0.3 is 6.16 Å². The quantitative estimate of drug-likeness (QED) is 0.632. The lowest BCUT2D eigenvalue weighted by molar-refractivity contribution is 0.118. The minimum absolute atomic E-state index is 0.0518. The van der Waals surface area contributed by atoms with Crippen molar-refractivity contribution in [1.29, 1.82) is 0 Å². The number of fused-ring (bicyclic) bond motifs is 1. The summed E-state index contributed by atoms with van der Waals surface area (Å²) in [6.45, 7) is 2.25. The minimum atomic E-state index is -0.754. The summed E-state index contributed by atoms with van der Waals surface area (Å²) in [4.78, 5) is 29.6. The number of aromatic hydroxyl groups is 1. The maximum absolute atomic E-state index is 11.2. The highest BCUT2D eigenvalue weighted by molar-refractivity contribution is 5.84. The first-order valence-corrected chi connectivity index (χ1v) is 8.13. The Morgan fingerprint density at radius 3 is 2.85 bits per heavy atom. The molecule has 1 aliphatic rings. The largest absolute Gasteiger partial charge is 0.510 e. The Kier molecular flexibility index (Phi) is 3.90. The maximum atomic E-state index is 11.2. The Bertz CT molecular complexity index is 1020. The average molecular weight is 371 g/mol. The van der Waals surface area contributed by atoms with Crippen LogP contribution in [-0.4, -0.2) is 55.6 Å². The van der Waals surface area contributed by atoms with Crippen molar-refractivity contribution in [2.75, 3.05) is 24.3 Å². The number of rotatable bonds is 4. The molecule has 27 heavy (non-hydrogen) atoms. The summed E-state index contributed by atoms with van der Waals surface area (Å²) in [5.41, 5.74) is 8.39. The van der Waals surface area contributed by atoms with Crippen LogP contribution in [0.5, 0.6) is 6.01 Å². The lowest BCUT2D eigenvalue weighted by Gasteiger charge is -2.21. The number of cyclic esters (lactones) is 2. The van der Waals surface area contributed by atoms with E-state index in [-0.39, 0.29) is 29.9 Å². The summed E-state index contributed by atoms with van der Waals surface area (Å²) in [5.74, 6) is 0.314. The summed E-state index contributed by atoms with van der Waals surface area (Å²) in [6, 6.07) is 3.55. The van der Waals surface area contributed by atoms with Crippen LogP contribution < -0.4 is 10.6 Å². The Balaban J connectivity index is 1.73. The normalized spacial score (nSPS) is 16.4. The van der Waals surface area contributed by atoms with Crippen LogP contribution >= 0.6 is 0 Å². The molecule has 0 aromatic carbocycles. The van der Waals surface area contributed by atoms with Crippen LogP contribution in [0.2, 0.25) is 0 Å². The highest BCUT2D eigenvalue weighted by Crippen LogP contribution is 2.27. The average Bonchev–Trinajstić information content (AvgIpc) is 3.21. The Morgan fingerprint density at radius 2 is 2.19 bits per heavy atom. The fraction of sp³-hybridized carbons (Fsp3) is 0.312. The molecular weight excluding hydrogens is 354 g/mol. The van der Waals surface area contributed by atoms with E-state index in [1.54, 1.807) is 13.2 Å². The first-order chi connectivity index (χ1) is 12.9. The summed E-state index contributed by atoms with van der Waals surface area (Å²) in [7, 11) is 1.65. The second-order valence-corrected chi connectivity index (χ2v) is 6.13. The van der Waals surface area contributed by atoms with Gasteiger partial charge in [0.15, 0.2) is 23.6 Å². The Morgan fingerprint density at radius 1 is 1.37 bits per heavy atom. The number of imidazole rings is 1.